The minimum Gasteiger partial charge on any atom is -0.465 e. The number of ether oxygens (including phenoxy) is 1. The number of benzene rings is 1. The molecule has 0 fully saturated rings. The lowest BCUT2D eigenvalue weighted by molar-refractivity contribution is -0.145. The number of hydrogen-bond donors (Lipinski definition) is 2. The van der Waals surface area contributed by atoms with Crippen LogP contribution in [-0.2, 0) is 9.53 Å². The molecule has 0 spiro atoms. The number of aliphatic hydroxyl groups is 1. The van der Waals surface area contributed by atoms with E-state index in [-0.39, 0.29) is 12.5 Å². The third-order valence-corrected chi connectivity index (χ3v) is 2.87. The van der Waals surface area contributed by atoms with Gasteiger partial charge in [0.1, 0.15) is 6.04 Å². The van der Waals surface area contributed by atoms with Crippen molar-refractivity contribution in [3.8, 4) is 0 Å². The Bertz CT molecular complexity index is 398. The number of esters is 1. The van der Waals surface area contributed by atoms with Gasteiger partial charge in [-0.1, -0.05) is 29.8 Å². The molecule has 0 aliphatic rings. The van der Waals surface area contributed by atoms with Crippen molar-refractivity contribution in [1.82, 2.24) is 5.32 Å². The highest BCUT2D eigenvalue weighted by atomic mass is 35.5. The predicted octanol–water partition coefficient (Wildman–Crippen LogP) is 1.91. The molecule has 0 aromatic heterocycles. The molecule has 0 bridgehead atoms. The first kappa shape index (κ1) is 15.0. The molecular formula is C13H18ClNO3. The molecule has 2 N–H and O–H groups in total. The maximum absolute atomic E-state index is 11.4. The highest BCUT2D eigenvalue weighted by Crippen LogP contribution is 2.21. The third kappa shape index (κ3) is 4.29. The summed E-state index contributed by atoms with van der Waals surface area (Å²) in [4.78, 5) is 11.4. The van der Waals surface area contributed by atoms with Crippen molar-refractivity contribution in [2.24, 2.45) is 0 Å². The van der Waals surface area contributed by atoms with E-state index < -0.39 is 12.1 Å². The number of halogens is 1. The first-order valence-corrected chi connectivity index (χ1v) is 6.26. The zero-order valence-electron chi connectivity index (χ0n) is 10.5. The standard InChI is InChI=1S/C13H18ClNO3/c1-3-18-13(17)9(2)15-8-12(16)10-6-4-5-7-11(10)14/h4-7,9,12,15-16H,3,8H2,1-2H3. The number of hydrogen-bond acceptors (Lipinski definition) is 4. The average Bonchev–Trinajstić information content (AvgIpc) is 2.36. The molecule has 4 nitrogen and oxygen atoms in total. The zero-order valence-corrected chi connectivity index (χ0v) is 11.3. The largest absolute Gasteiger partial charge is 0.465 e. The smallest absolute Gasteiger partial charge is 0.322 e. The van der Waals surface area contributed by atoms with Crippen molar-refractivity contribution < 1.29 is 14.6 Å². The molecule has 18 heavy (non-hydrogen) atoms. The van der Waals surface area contributed by atoms with Crippen LogP contribution in [0.4, 0.5) is 0 Å². The summed E-state index contributed by atoms with van der Waals surface area (Å²) in [7, 11) is 0. The summed E-state index contributed by atoms with van der Waals surface area (Å²) in [6.45, 7) is 4.03. The summed E-state index contributed by atoms with van der Waals surface area (Å²) in [5.41, 5.74) is 0.641. The van der Waals surface area contributed by atoms with Crippen LogP contribution in [0.15, 0.2) is 24.3 Å². The van der Waals surface area contributed by atoms with E-state index in [4.69, 9.17) is 16.3 Å². The van der Waals surface area contributed by atoms with Gasteiger partial charge in [-0.25, -0.2) is 0 Å². The van der Waals surface area contributed by atoms with Gasteiger partial charge in [-0.05, 0) is 19.9 Å². The van der Waals surface area contributed by atoms with E-state index >= 15 is 0 Å². The number of carbonyl (C=O) groups excluding carboxylic acids is 1. The van der Waals surface area contributed by atoms with Gasteiger partial charge in [0.05, 0.1) is 12.7 Å². The van der Waals surface area contributed by atoms with Crippen LogP contribution in [0.3, 0.4) is 0 Å². The maximum atomic E-state index is 11.4. The first-order chi connectivity index (χ1) is 8.56. The van der Waals surface area contributed by atoms with E-state index in [0.717, 1.165) is 0 Å². The van der Waals surface area contributed by atoms with Gasteiger partial charge in [0.15, 0.2) is 0 Å². The number of aliphatic hydroxyl groups excluding tert-OH is 1. The Balaban J connectivity index is 2.49. The second-order valence-electron chi connectivity index (χ2n) is 3.92. The van der Waals surface area contributed by atoms with Crippen molar-refractivity contribution in [2.45, 2.75) is 26.0 Å². The van der Waals surface area contributed by atoms with Crippen LogP contribution in [0.5, 0.6) is 0 Å². The van der Waals surface area contributed by atoms with Crippen LogP contribution in [-0.4, -0.2) is 30.3 Å². The maximum Gasteiger partial charge on any atom is 0.322 e. The Morgan fingerprint density at radius 1 is 1.50 bits per heavy atom. The summed E-state index contributed by atoms with van der Waals surface area (Å²) >= 11 is 5.97. The first-order valence-electron chi connectivity index (χ1n) is 5.88. The SMILES string of the molecule is CCOC(=O)C(C)NCC(O)c1ccccc1Cl. The predicted molar refractivity (Wildman–Crippen MR) is 70.5 cm³/mol. The number of nitrogens with one attached hydrogen (secondary N) is 1. The molecule has 0 saturated heterocycles. The van der Waals surface area contributed by atoms with Crippen molar-refractivity contribution in [3.05, 3.63) is 34.9 Å². The lowest BCUT2D eigenvalue weighted by Gasteiger charge is -2.17. The molecule has 0 amide bonds. The number of rotatable bonds is 6. The molecule has 2 unspecified atom stereocenters. The van der Waals surface area contributed by atoms with Crippen molar-refractivity contribution in [1.29, 1.82) is 0 Å². The fourth-order valence-corrected chi connectivity index (χ4v) is 1.76. The molecule has 1 aromatic carbocycles. The summed E-state index contributed by atoms with van der Waals surface area (Å²) < 4.78 is 4.86. The van der Waals surface area contributed by atoms with E-state index in [1.54, 1.807) is 38.1 Å². The fourth-order valence-electron chi connectivity index (χ4n) is 1.49. The Morgan fingerprint density at radius 2 is 2.17 bits per heavy atom. The fraction of sp³-hybridized carbons (Fsp3) is 0.462. The summed E-state index contributed by atoms with van der Waals surface area (Å²) in [6, 6.07) is 6.62. The van der Waals surface area contributed by atoms with E-state index in [1.165, 1.54) is 0 Å². The van der Waals surface area contributed by atoms with Crippen LogP contribution in [0.2, 0.25) is 5.02 Å². The normalized spacial score (nSPS) is 14.0. The van der Waals surface area contributed by atoms with Crippen LogP contribution in [0.1, 0.15) is 25.5 Å². The highest BCUT2D eigenvalue weighted by molar-refractivity contribution is 6.31. The van der Waals surface area contributed by atoms with Gasteiger partial charge in [0.25, 0.3) is 0 Å². The average molecular weight is 272 g/mol. The van der Waals surface area contributed by atoms with Crippen molar-refractivity contribution in [2.75, 3.05) is 13.2 Å². The van der Waals surface area contributed by atoms with E-state index in [0.29, 0.717) is 17.2 Å². The van der Waals surface area contributed by atoms with E-state index in [1.807, 2.05) is 0 Å². The number of carbonyl (C=O) groups is 1. The summed E-state index contributed by atoms with van der Waals surface area (Å²) in [5.74, 6) is -0.330. The van der Waals surface area contributed by atoms with Crippen molar-refractivity contribution >= 4 is 17.6 Å². The van der Waals surface area contributed by atoms with E-state index in [2.05, 4.69) is 5.32 Å². The second kappa shape index (κ2) is 7.36. The molecule has 1 aromatic rings. The molecule has 0 heterocycles. The zero-order chi connectivity index (χ0) is 13.5. The minimum atomic E-state index is -0.754. The molecule has 0 aliphatic carbocycles. The van der Waals surface area contributed by atoms with E-state index in [9.17, 15) is 9.90 Å². The van der Waals surface area contributed by atoms with Crippen molar-refractivity contribution in [3.63, 3.8) is 0 Å². The van der Waals surface area contributed by atoms with Gasteiger partial charge in [0, 0.05) is 17.1 Å². The molecule has 100 valence electrons. The van der Waals surface area contributed by atoms with Gasteiger partial charge in [-0.2, -0.15) is 0 Å². The molecule has 1 rings (SSSR count). The molecule has 0 saturated carbocycles. The van der Waals surface area contributed by atoms with Gasteiger partial charge in [-0.15, -0.1) is 0 Å². The van der Waals surface area contributed by atoms with Gasteiger partial charge in [-0.3, -0.25) is 4.79 Å². The molecule has 5 heteroatoms. The van der Waals surface area contributed by atoms with Crippen LogP contribution in [0.25, 0.3) is 0 Å². The van der Waals surface area contributed by atoms with Crippen LogP contribution in [0, 0.1) is 0 Å². The Kier molecular flexibility index (Phi) is 6.12. The lowest BCUT2D eigenvalue weighted by Crippen LogP contribution is -2.37. The highest BCUT2D eigenvalue weighted by Gasteiger charge is 2.16. The summed E-state index contributed by atoms with van der Waals surface area (Å²) in [6.07, 6.45) is -0.754. The Labute approximate surface area is 112 Å². The summed E-state index contributed by atoms with van der Waals surface area (Å²) in [5, 5.41) is 13.4. The van der Waals surface area contributed by atoms with Crippen LogP contribution >= 0.6 is 11.6 Å². The van der Waals surface area contributed by atoms with Gasteiger partial charge >= 0.3 is 5.97 Å². The Hall–Kier alpha value is -1.10. The lowest BCUT2D eigenvalue weighted by atomic mass is 10.1. The quantitative estimate of drug-likeness (QED) is 0.776. The molecule has 0 aliphatic heterocycles. The molecular weight excluding hydrogens is 254 g/mol. The third-order valence-electron chi connectivity index (χ3n) is 2.52. The molecule has 2 atom stereocenters. The molecule has 0 radical (unpaired) electrons. The van der Waals surface area contributed by atoms with Gasteiger partial charge in [0.2, 0.25) is 0 Å². The topological polar surface area (TPSA) is 58.6 Å². The van der Waals surface area contributed by atoms with Gasteiger partial charge < -0.3 is 15.2 Å². The van der Waals surface area contributed by atoms with Crippen LogP contribution < -0.4 is 5.32 Å². The monoisotopic (exact) mass is 271 g/mol. The minimum absolute atomic E-state index is 0.240. The second-order valence-corrected chi connectivity index (χ2v) is 4.33. The Morgan fingerprint density at radius 3 is 2.78 bits per heavy atom.